The monoisotopic (exact) mass is 255 g/mol. The molecule has 0 radical (unpaired) electrons. The van der Waals surface area contributed by atoms with Gasteiger partial charge in [0.2, 0.25) is 0 Å². The molecule has 1 aromatic carbocycles. The van der Waals surface area contributed by atoms with Crippen LogP contribution in [0.4, 0.5) is 0 Å². The molecular formula is C16H21N3. The number of hydrogen-bond donors (Lipinski definition) is 2. The first-order chi connectivity index (χ1) is 9.04. The fourth-order valence-electron chi connectivity index (χ4n) is 2.32. The van der Waals surface area contributed by atoms with Crippen molar-refractivity contribution in [3.05, 3.63) is 41.9 Å². The first-order valence-electron chi connectivity index (χ1n) is 6.90. The zero-order valence-electron chi connectivity index (χ0n) is 11.8. The lowest BCUT2D eigenvalue weighted by atomic mass is 9.86. The average Bonchev–Trinajstić information content (AvgIpc) is 2.75. The largest absolute Gasteiger partial charge is 0.342 e. The Bertz CT molecular complexity index is 556. The van der Waals surface area contributed by atoms with E-state index in [2.05, 4.69) is 60.3 Å². The highest BCUT2D eigenvalue weighted by Gasteiger charge is 2.22. The maximum absolute atomic E-state index is 4.49. The van der Waals surface area contributed by atoms with Gasteiger partial charge in [-0.05, 0) is 16.5 Å². The summed E-state index contributed by atoms with van der Waals surface area (Å²) in [6, 6.07) is 8.77. The zero-order valence-corrected chi connectivity index (χ0v) is 11.8. The molecule has 0 amide bonds. The number of benzene rings is 1. The van der Waals surface area contributed by atoms with E-state index in [4.69, 9.17) is 0 Å². The normalized spacial score (nSPS) is 16.4. The van der Waals surface area contributed by atoms with Crippen molar-refractivity contribution in [3.63, 3.8) is 0 Å². The van der Waals surface area contributed by atoms with Gasteiger partial charge in [-0.15, -0.1) is 0 Å². The smallest absolute Gasteiger partial charge is 0.112 e. The minimum Gasteiger partial charge on any atom is -0.342 e. The number of hydrogen-bond acceptors (Lipinski definition) is 2. The van der Waals surface area contributed by atoms with Crippen molar-refractivity contribution in [2.75, 3.05) is 13.1 Å². The lowest BCUT2D eigenvalue weighted by Gasteiger charge is -2.24. The summed E-state index contributed by atoms with van der Waals surface area (Å²) in [5, 5.41) is 3.27. The Hall–Kier alpha value is -1.61. The molecule has 0 saturated carbocycles. The molecule has 0 unspecified atom stereocenters. The van der Waals surface area contributed by atoms with Crippen molar-refractivity contribution in [1.29, 1.82) is 0 Å². The van der Waals surface area contributed by atoms with Crippen LogP contribution >= 0.6 is 0 Å². The first-order valence-corrected chi connectivity index (χ1v) is 6.90. The minimum absolute atomic E-state index is 0.204. The minimum atomic E-state index is 0.204. The van der Waals surface area contributed by atoms with Gasteiger partial charge in [-0.25, -0.2) is 4.98 Å². The van der Waals surface area contributed by atoms with Crippen LogP contribution in [-0.4, -0.2) is 23.1 Å². The summed E-state index contributed by atoms with van der Waals surface area (Å²) >= 11 is 0. The van der Waals surface area contributed by atoms with Gasteiger partial charge < -0.3 is 10.3 Å². The number of nitrogens with zero attached hydrogens (tertiary/aromatic N) is 1. The molecule has 0 aliphatic carbocycles. The molecule has 1 saturated heterocycles. The number of aromatic nitrogens is 2. The van der Waals surface area contributed by atoms with Crippen LogP contribution in [-0.2, 0) is 5.41 Å². The van der Waals surface area contributed by atoms with Crippen LogP contribution in [0, 0.1) is 0 Å². The Balaban J connectivity index is 1.83. The Morgan fingerprint density at radius 3 is 2.32 bits per heavy atom. The van der Waals surface area contributed by atoms with Crippen molar-refractivity contribution >= 4 is 0 Å². The number of H-pyrrole nitrogens is 1. The van der Waals surface area contributed by atoms with Crippen LogP contribution in [0.25, 0.3) is 11.3 Å². The van der Waals surface area contributed by atoms with E-state index in [1.54, 1.807) is 0 Å². The highest BCUT2D eigenvalue weighted by molar-refractivity contribution is 5.59. The molecule has 3 heteroatoms. The molecule has 3 nitrogen and oxygen atoms in total. The molecule has 100 valence electrons. The standard InChI is InChI=1S/C16H21N3/c1-16(2,3)13-6-4-11(5-7-13)14-10-18-15(19-14)12-8-17-9-12/h4-7,10,12,17H,8-9H2,1-3H3,(H,18,19). The third kappa shape index (κ3) is 2.43. The molecule has 1 fully saturated rings. The molecule has 0 bridgehead atoms. The van der Waals surface area contributed by atoms with Crippen molar-refractivity contribution in [3.8, 4) is 11.3 Å². The van der Waals surface area contributed by atoms with Gasteiger partial charge in [-0.3, -0.25) is 0 Å². The van der Waals surface area contributed by atoms with Crippen LogP contribution in [0.3, 0.4) is 0 Å². The van der Waals surface area contributed by atoms with Crippen molar-refractivity contribution in [1.82, 2.24) is 15.3 Å². The third-order valence-electron chi connectivity index (χ3n) is 3.83. The maximum Gasteiger partial charge on any atom is 0.112 e. The second-order valence-corrected chi connectivity index (χ2v) is 6.36. The van der Waals surface area contributed by atoms with Gasteiger partial charge >= 0.3 is 0 Å². The highest BCUT2D eigenvalue weighted by atomic mass is 15.0. The second-order valence-electron chi connectivity index (χ2n) is 6.36. The van der Waals surface area contributed by atoms with E-state index in [1.165, 1.54) is 11.1 Å². The molecule has 19 heavy (non-hydrogen) atoms. The molecular weight excluding hydrogens is 234 g/mol. The quantitative estimate of drug-likeness (QED) is 0.866. The average molecular weight is 255 g/mol. The van der Waals surface area contributed by atoms with Crippen LogP contribution in [0.5, 0.6) is 0 Å². The van der Waals surface area contributed by atoms with E-state index >= 15 is 0 Å². The van der Waals surface area contributed by atoms with Crippen LogP contribution in [0.1, 0.15) is 38.1 Å². The van der Waals surface area contributed by atoms with Gasteiger partial charge in [0.05, 0.1) is 11.9 Å². The number of aromatic amines is 1. The van der Waals surface area contributed by atoms with E-state index in [9.17, 15) is 0 Å². The Labute approximate surface area is 114 Å². The summed E-state index contributed by atoms with van der Waals surface area (Å²) in [4.78, 5) is 7.93. The van der Waals surface area contributed by atoms with Gasteiger partial charge in [-0.1, -0.05) is 45.0 Å². The molecule has 1 aromatic heterocycles. The molecule has 1 aliphatic heterocycles. The molecule has 0 spiro atoms. The molecule has 3 rings (SSSR count). The fraction of sp³-hybridized carbons (Fsp3) is 0.438. The predicted octanol–water partition coefficient (Wildman–Crippen LogP) is 3.06. The Kier molecular flexibility index (Phi) is 2.94. The lowest BCUT2D eigenvalue weighted by molar-refractivity contribution is 0.433. The Morgan fingerprint density at radius 2 is 1.79 bits per heavy atom. The summed E-state index contributed by atoms with van der Waals surface area (Å²) in [5.74, 6) is 1.66. The van der Waals surface area contributed by atoms with Gasteiger partial charge in [0, 0.05) is 19.0 Å². The van der Waals surface area contributed by atoms with Crippen LogP contribution < -0.4 is 5.32 Å². The third-order valence-corrected chi connectivity index (χ3v) is 3.83. The summed E-state index contributed by atoms with van der Waals surface area (Å²) in [7, 11) is 0. The van der Waals surface area contributed by atoms with Gasteiger partial charge in [0.25, 0.3) is 0 Å². The Morgan fingerprint density at radius 1 is 1.11 bits per heavy atom. The number of rotatable bonds is 2. The number of imidazole rings is 1. The maximum atomic E-state index is 4.49. The number of nitrogens with one attached hydrogen (secondary N) is 2. The molecule has 1 aliphatic rings. The first kappa shape index (κ1) is 12.4. The SMILES string of the molecule is CC(C)(C)c1ccc(-c2cnc(C3CNC3)[nH]2)cc1. The van der Waals surface area contributed by atoms with Crippen molar-refractivity contribution in [2.24, 2.45) is 0 Å². The molecule has 0 atom stereocenters. The van der Waals surface area contributed by atoms with E-state index in [1.807, 2.05) is 6.20 Å². The lowest BCUT2D eigenvalue weighted by Crippen LogP contribution is -2.40. The van der Waals surface area contributed by atoms with Crippen LogP contribution in [0.15, 0.2) is 30.5 Å². The van der Waals surface area contributed by atoms with Crippen LogP contribution in [0.2, 0.25) is 0 Å². The molecule has 2 N–H and O–H groups in total. The second kappa shape index (κ2) is 4.49. The topological polar surface area (TPSA) is 40.7 Å². The summed E-state index contributed by atoms with van der Waals surface area (Å²) in [6.45, 7) is 8.78. The molecule has 2 aromatic rings. The van der Waals surface area contributed by atoms with Gasteiger partial charge in [-0.2, -0.15) is 0 Å². The summed E-state index contributed by atoms with van der Waals surface area (Å²) in [5.41, 5.74) is 3.88. The molecule has 2 heterocycles. The zero-order chi connectivity index (χ0) is 13.5. The van der Waals surface area contributed by atoms with Gasteiger partial charge in [0.15, 0.2) is 0 Å². The van der Waals surface area contributed by atoms with Crippen molar-refractivity contribution in [2.45, 2.75) is 32.1 Å². The van der Waals surface area contributed by atoms with E-state index in [0.29, 0.717) is 5.92 Å². The van der Waals surface area contributed by atoms with Crippen molar-refractivity contribution < 1.29 is 0 Å². The highest BCUT2D eigenvalue weighted by Crippen LogP contribution is 2.26. The van der Waals surface area contributed by atoms with E-state index in [0.717, 1.165) is 24.6 Å². The fourth-order valence-corrected chi connectivity index (χ4v) is 2.32. The summed E-state index contributed by atoms with van der Waals surface area (Å²) in [6.07, 6.45) is 1.94. The predicted molar refractivity (Wildman–Crippen MR) is 78.3 cm³/mol. The summed E-state index contributed by atoms with van der Waals surface area (Å²) < 4.78 is 0. The van der Waals surface area contributed by atoms with E-state index in [-0.39, 0.29) is 5.41 Å². The van der Waals surface area contributed by atoms with E-state index < -0.39 is 0 Å². The van der Waals surface area contributed by atoms with Gasteiger partial charge in [0.1, 0.15) is 5.82 Å².